The summed E-state index contributed by atoms with van der Waals surface area (Å²) in [5, 5.41) is 3.23. The molecule has 1 unspecified atom stereocenters. The van der Waals surface area contributed by atoms with Gasteiger partial charge in [-0.3, -0.25) is 0 Å². The van der Waals surface area contributed by atoms with Crippen LogP contribution in [0.25, 0.3) is 0 Å². The average molecular weight is 269 g/mol. The molecule has 1 atom stereocenters. The van der Waals surface area contributed by atoms with Crippen molar-refractivity contribution < 1.29 is 4.39 Å². The quantitative estimate of drug-likeness (QED) is 0.896. The van der Waals surface area contributed by atoms with Crippen molar-refractivity contribution in [1.82, 2.24) is 5.32 Å². The molecule has 1 nitrogen and oxygen atoms in total. The van der Waals surface area contributed by atoms with Gasteiger partial charge in [-0.05, 0) is 73.2 Å². The summed E-state index contributed by atoms with van der Waals surface area (Å²) in [6.07, 6.45) is 2.94. The highest BCUT2D eigenvalue weighted by Gasteiger charge is 2.21. The van der Waals surface area contributed by atoms with Gasteiger partial charge in [0.2, 0.25) is 0 Å². The molecule has 1 aliphatic rings. The highest BCUT2D eigenvalue weighted by Crippen LogP contribution is 2.33. The minimum Gasteiger partial charge on any atom is -0.320 e. The lowest BCUT2D eigenvalue weighted by molar-refractivity contribution is 0.587. The normalized spacial score (nSPS) is 17.2. The molecule has 0 saturated carbocycles. The molecule has 0 fully saturated rings. The van der Waals surface area contributed by atoms with Crippen LogP contribution in [-0.2, 0) is 12.8 Å². The van der Waals surface area contributed by atoms with Crippen molar-refractivity contribution in [1.29, 1.82) is 0 Å². The molecule has 0 saturated heterocycles. The summed E-state index contributed by atoms with van der Waals surface area (Å²) in [4.78, 5) is 0. The molecular formula is C18H20FN. The van der Waals surface area contributed by atoms with E-state index in [0.29, 0.717) is 5.92 Å². The first-order chi connectivity index (χ1) is 9.78. The van der Waals surface area contributed by atoms with E-state index in [1.165, 1.54) is 22.3 Å². The van der Waals surface area contributed by atoms with Gasteiger partial charge in [0, 0.05) is 0 Å². The van der Waals surface area contributed by atoms with Crippen molar-refractivity contribution in [3.05, 3.63) is 70.5 Å². The summed E-state index contributed by atoms with van der Waals surface area (Å²) in [5.41, 5.74) is 5.26. The maximum absolute atomic E-state index is 13.5. The molecule has 1 aliphatic carbocycles. The molecule has 0 radical (unpaired) electrons. The second kappa shape index (κ2) is 5.76. The predicted molar refractivity (Wildman–Crippen MR) is 80.6 cm³/mol. The topological polar surface area (TPSA) is 12.0 Å². The Balaban J connectivity index is 2.02. The number of hydrogen-bond donors (Lipinski definition) is 1. The van der Waals surface area contributed by atoms with Crippen LogP contribution in [0.15, 0.2) is 42.5 Å². The Hall–Kier alpha value is -1.67. The van der Waals surface area contributed by atoms with Crippen LogP contribution in [0.2, 0.25) is 0 Å². The highest BCUT2D eigenvalue weighted by molar-refractivity contribution is 5.42. The number of halogens is 1. The van der Waals surface area contributed by atoms with Gasteiger partial charge in [-0.25, -0.2) is 4.39 Å². The van der Waals surface area contributed by atoms with Crippen molar-refractivity contribution in [3.63, 3.8) is 0 Å². The van der Waals surface area contributed by atoms with Gasteiger partial charge in [0.1, 0.15) is 5.82 Å². The average Bonchev–Trinajstić information content (AvgIpc) is 2.61. The van der Waals surface area contributed by atoms with E-state index in [0.717, 1.165) is 25.8 Å². The predicted octanol–water partition coefficient (Wildman–Crippen LogP) is 3.67. The van der Waals surface area contributed by atoms with E-state index in [4.69, 9.17) is 0 Å². The first-order valence-corrected chi connectivity index (χ1v) is 7.27. The maximum atomic E-state index is 13.5. The largest absolute Gasteiger partial charge is 0.320 e. The van der Waals surface area contributed by atoms with Gasteiger partial charge in [-0.15, -0.1) is 0 Å². The van der Waals surface area contributed by atoms with Gasteiger partial charge in [-0.1, -0.05) is 30.3 Å². The summed E-state index contributed by atoms with van der Waals surface area (Å²) < 4.78 is 13.5. The Morgan fingerprint density at radius 1 is 1.10 bits per heavy atom. The summed E-state index contributed by atoms with van der Waals surface area (Å²) in [5.74, 6) is 0.351. The molecule has 0 amide bonds. The lowest BCUT2D eigenvalue weighted by Gasteiger charge is -2.17. The maximum Gasteiger partial charge on any atom is 0.123 e. The van der Waals surface area contributed by atoms with Gasteiger partial charge in [0.25, 0.3) is 0 Å². The number of hydrogen-bond acceptors (Lipinski definition) is 1. The minimum absolute atomic E-state index is 0.123. The zero-order valence-corrected chi connectivity index (χ0v) is 11.8. The monoisotopic (exact) mass is 269 g/mol. The van der Waals surface area contributed by atoms with Crippen molar-refractivity contribution in [2.24, 2.45) is 0 Å². The second-order valence-electron chi connectivity index (χ2n) is 5.58. The third-order valence-electron chi connectivity index (χ3n) is 4.25. The van der Waals surface area contributed by atoms with Crippen LogP contribution in [-0.4, -0.2) is 13.6 Å². The fraction of sp³-hybridized carbons (Fsp3) is 0.333. The van der Waals surface area contributed by atoms with Gasteiger partial charge >= 0.3 is 0 Å². The van der Waals surface area contributed by atoms with Gasteiger partial charge in [-0.2, -0.15) is 0 Å². The molecule has 1 N–H and O–H groups in total. The van der Waals surface area contributed by atoms with E-state index in [1.807, 2.05) is 13.1 Å². The summed E-state index contributed by atoms with van der Waals surface area (Å²) >= 11 is 0. The molecule has 2 aromatic rings. The Labute approximate surface area is 119 Å². The third kappa shape index (κ3) is 2.61. The van der Waals surface area contributed by atoms with E-state index in [-0.39, 0.29) is 5.82 Å². The Morgan fingerprint density at radius 3 is 2.80 bits per heavy atom. The van der Waals surface area contributed by atoms with Crippen molar-refractivity contribution in [2.75, 3.05) is 13.6 Å². The zero-order chi connectivity index (χ0) is 13.9. The van der Waals surface area contributed by atoms with Crippen molar-refractivity contribution >= 4 is 0 Å². The molecule has 20 heavy (non-hydrogen) atoms. The smallest absolute Gasteiger partial charge is 0.123 e. The van der Waals surface area contributed by atoms with Gasteiger partial charge in [0.15, 0.2) is 0 Å². The van der Waals surface area contributed by atoms with E-state index < -0.39 is 0 Å². The van der Waals surface area contributed by atoms with E-state index in [2.05, 4.69) is 29.6 Å². The van der Waals surface area contributed by atoms with E-state index in [9.17, 15) is 4.39 Å². The van der Waals surface area contributed by atoms with Crippen LogP contribution in [0.3, 0.4) is 0 Å². The molecule has 0 heterocycles. The Bertz CT molecular complexity index is 606. The fourth-order valence-corrected chi connectivity index (χ4v) is 3.21. The Morgan fingerprint density at radius 2 is 1.95 bits per heavy atom. The van der Waals surface area contributed by atoms with Crippen LogP contribution < -0.4 is 5.32 Å². The lowest BCUT2D eigenvalue weighted by atomic mass is 9.89. The van der Waals surface area contributed by atoms with Crippen LogP contribution in [0.4, 0.5) is 4.39 Å². The van der Waals surface area contributed by atoms with Crippen LogP contribution in [0.1, 0.15) is 34.6 Å². The minimum atomic E-state index is -0.123. The van der Waals surface area contributed by atoms with E-state index >= 15 is 0 Å². The zero-order valence-electron chi connectivity index (χ0n) is 11.8. The summed E-state index contributed by atoms with van der Waals surface area (Å²) in [7, 11) is 1.98. The number of fused-ring (bicyclic) bond motifs is 2. The Kier molecular flexibility index (Phi) is 3.83. The standard InChI is InChI=1S/C18H20FN/c1-20-9-8-15-11-16-12-17(19)7-6-13(16)10-14-4-2-3-5-18(14)15/h2-7,12,15,20H,8-11H2,1H3. The molecule has 0 aliphatic heterocycles. The molecular weight excluding hydrogens is 249 g/mol. The highest BCUT2D eigenvalue weighted by atomic mass is 19.1. The molecule has 0 spiro atoms. The number of benzene rings is 2. The van der Waals surface area contributed by atoms with Crippen molar-refractivity contribution in [3.8, 4) is 0 Å². The second-order valence-corrected chi connectivity index (χ2v) is 5.58. The summed E-state index contributed by atoms with van der Waals surface area (Å²) in [6, 6.07) is 13.9. The SMILES string of the molecule is CNCCC1Cc2cc(F)ccc2Cc2ccccc21. The van der Waals surface area contributed by atoms with Crippen molar-refractivity contribution in [2.45, 2.75) is 25.2 Å². The molecule has 2 aromatic carbocycles. The third-order valence-corrected chi connectivity index (χ3v) is 4.25. The fourth-order valence-electron chi connectivity index (χ4n) is 3.21. The van der Waals surface area contributed by atoms with Crippen LogP contribution in [0.5, 0.6) is 0 Å². The lowest BCUT2D eigenvalue weighted by Crippen LogP contribution is -2.14. The van der Waals surface area contributed by atoms with Crippen LogP contribution >= 0.6 is 0 Å². The number of rotatable bonds is 3. The first kappa shape index (κ1) is 13.3. The van der Waals surface area contributed by atoms with Gasteiger partial charge in [0.05, 0.1) is 0 Å². The van der Waals surface area contributed by atoms with E-state index in [1.54, 1.807) is 12.1 Å². The summed E-state index contributed by atoms with van der Waals surface area (Å²) in [6.45, 7) is 0.990. The molecule has 0 bridgehead atoms. The first-order valence-electron chi connectivity index (χ1n) is 7.27. The molecule has 104 valence electrons. The number of nitrogens with one attached hydrogen (secondary N) is 1. The van der Waals surface area contributed by atoms with Crippen LogP contribution in [0, 0.1) is 5.82 Å². The molecule has 3 rings (SSSR count). The van der Waals surface area contributed by atoms with Gasteiger partial charge < -0.3 is 5.32 Å². The molecule has 2 heteroatoms. The molecule has 0 aromatic heterocycles.